The van der Waals surface area contributed by atoms with Crippen LogP contribution in [0.15, 0.2) is 0 Å². The quantitative estimate of drug-likeness (QED) is 0.735. The summed E-state index contributed by atoms with van der Waals surface area (Å²) in [5.74, 6) is 0.0394. The highest BCUT2D eigenvalue weighted by molar-refractivity contribution is 5.75. The second kappa shape index (κ2) is 9.68. The summed E-state index contributed by atoms with van der Waals surface area (Å²) in [6.07, 6.45) is 1.04. The maximum Gasteiger partial charge on any atom is 0.132 e. The minimum Gasteiger partial charge on any atom is -0.396 e. The zero-order valence-electron chi connectivity index (χ0n) is 9.33. The van der Waals surface area contributed by atoms with Crippen LogP contribution < -0.4 is 0 Å². The molecule has 0 heterocycles. The Labute approximate surface area is 81.1 Å². The SMILES string of the molecule is CC(=O)CCO.CC(C)OC(C)C. The molecule has 0 amide bonds. The minimum absolute atomic E-state index is 0.0185. The fourth-order valence-electron chi connectivity index (χ4n) is 0.702. The van der Waals surface area contributed by atoms with Crippen molar-refractivity contribution in [1.29, 1.82) is 0 Å². The van der Waals surface area contributed by atoms with E-state index in [1.807, 2.05) is 27.7 Å². The molecule has 0 spiro atoms. The van der Waals surface area contributed by atoms with E-state index in [9.17, 15) is 4.79 Å². The Balaban J connectivity index is 0. The summed E-state index contributed by atoms with van der Waals surface area (Å²) in [7, 11) is 0. The molecule has 0 bridgehead atoms. The molecule has 1 N–H and O–H groups in total. The van der Waals surface area contributed by atoms with Gasteiger partial charge in [-0.1, -0.05) is 0 Å². The zero-order valence-corrected chi connectivity index (χ0v) is 9.33. The fraction of sp³-hybridized carbons (Fsp3) is 0.900. The molecule has 0 saturated heterocycles. The Hall–Kier alpha value is -0.410. The van der Waals surface area contributed by atoms with Crippen LogP contribution in [0, 0.1) is 0 Å². The van der Waals surface area contributed by atoms with Crippen molar-refractivity contribution in [2.75, 3.05) is 6.61 Å². The van der Waals surface area contributed by atoms with Crippen LogP contribution >= 0.6 is 0 Å². The van der Waals surface area contributed by atoms with Crippen LogP contribution in [0.1, 0.15) is 41.0 Å². The zero-order chi connectivity index (χ0) is 10.9. The molecule has 80 valence electrons. The standard InChI is InChI=1S/C6H14O.C4H8O2/c1-5(2)7-6(3)4;1-4(6)2-3-5/h5-6H,1-4H3;5H,2-3H2,1H3. The van der Waals surface area contributed by atoms with Crippen LogP contribution in [0.25, 0.3) is 0 Å². The summed E-state index contributed by atoms with van der Waals surface area (Å²) in [4.78, 5) is 9.88. The number of aliphatic hydroxyl groups excluding tert-OH is 1. The number of Topliss-reactive ketones (excluding diaryl/α,β-unsaturated/α-hetero) is 1. The molecule has 3 nitrogen and oxygen atoms in total. The van der Waals surface area contributed by atoms with E-state index in [0.29, 0.717) is 18.6 Å². The number of carbonyl (C=O) groups is 1. The van der Waals surface area contributed by atoms with Gasteiger partial charge in [-0.15, -0.1) is 0 Å². The number of hydrogen-bond donors (Lipinski definition) is 1. The van der Waals surface area contributed by atoms with Gasteiger partial charge in [0.15, 0.2) is 0 Å². The van der Waals surface area contributed by atoms with Gasteiger partial charge in [0, 0.05) is 13.0 Å². The van der Waals surface area contributed by atoms with Gasteiger partial charge in [-0.2, -0.15) is 0 Å². The predicted molar refractivity (Wildman–Crippen MR) is 53.7 cm³/mol. The van der Waals surface area contributed by atoms with Crippen molar-refractivity contribution < 1.29 is 14.6 Å². The summed E-state index contributed by atoms with van der Waals surface area (Å²) in [5, 5.41) is 8.02. The third-order valence-corrected chi connectivity index (χ3v) is 1.01. The molecular formula is C10H22O3. The van der Waals surface area contributed by atoms with E-state index in [2.05, 4.69) is 0 Å². The third-order valence-electron chi connectivity index (χ3n) is 1.01. The number of ketones is 1. The normalized spacial score (nSPS) is 9.85. The molecule has 0 aromatic carbocycles. The molecule has 0 aliphatic rings. The van der Waals surface area contributed by atoms with Crippen molar-refractivity contribution in [3.63, 3.8) is 0 Å². The number of ether oxygens (including phenoxy) is 1. The molecule has 0 aliphatic carbocycles. The Kier molecular flexibility index (Phi) is 11.2. The van der Waals surface area contributed by atoms with Gasteiger partial charge >= 0.3 is 0 Å². The predicted octanol–water partition coefficient (Wildman–Crippen LogP) is 1.78. The molecule has 0 unspecified atom stereocenters. The Morgan fingerprint density at radius 3 is 1.62 bits per heavy atom. The molecular weight excluding hydrogens is 168 g/mol. The lowest BCUT2D eigenvalue weighted by molar-refractivity contribution is -0.117. The van der Waals surface area contributed by atoms with Crippen molar-refractivity contribution in [1.82, 2.24) is 0 Å². The monoisotopic (exact) mass is 190 g/mol. The maximum atomic E-state index is 9.88. The highest BCUT2D eigenvalue weighted by Gasteiger charge is 1.94. The third kappa shape index (κ3) is 24.5. The second-order valence-corrected chi connectivity index (χ2v) is 3.41. The summed E-state index contributed by atoms with van der Waals surface area (Å²) in [5.41, 5.74) is 0. The van der Waals surface area contributed by atoms with Crippen LogP contribution in [0.4, 0.5) is 0 Å². The molecule has 0 rings (SSSR count). The first-order chi connectivity index (χ1) is 5.90. The summed E-state index contributed by atoms with van der Waals surface area (Å²) < 4.78 is 5.25. The Morgan fingerprint density at radius 2 is 1.62 bits per heavy atom. The van der Waals surface area contributed by atoms with Crippen molar-refractivity contribution in [2.24, 2.45) is 0 Å². The first-order valence-corrected chi connectivity index (χ1v) is 4.65. The number of aliphatic hydroxyl groups is 1. The minimum atomic E-state index is -0.0185. The summed E-state index contributed by atoms with van der Waals surface area (Å²) in [6.45, 7) is 9.60. The first-order valence-electron chi connectivity index (χ1n) is 4.65. The van der Waals surface area contributed by atoms with E-state index in [-0.39, 0.29) is 12.4 Å². The summed E-state index contributed by atoms with van der Waals surface area (Å²) in [6, 6.07) is 0. The topological polar surface area (TPSA) is 46.5 Å². The number of carbonyl (C=O) groups excluding carboxylic acids is 1. The van der Waals surface area contributed by atoms with Gasteiger partial charge in [0.2, 0.25) is 0 Å². The lowest BCUT2D eigenvalue weighted by Gasteiger charge is -2.09. The highest BCUT2D eigenvalue weighted by Crippen LogP contribution is 1.93. The van der Waals surface area contributed by atoms with Gasteiger partial charge in [-0.25, -0.2) is 0 Å². The van der Waals surface area contributed by atoms with Gasteiger partial charge in [-0.3, -0.25) is 4.79 Å². The summed E-state index contributed by atoms with van der Waals surface area (Å²) >= 11 is 0. The second-order valence-electron chi connectivity index (χ2n) is 3.41. The van der Waals surface area contributed by atoms with Crippen LogP contribution in [0.5, 0.6) is 0 Å². The average molecular weight is 190 g/mol. The highest BCUT2D eigenvalue weighted by atomic mass is 16.5. The lowest BCUT2D eigenvalue weighted by atomic mass is 10.3. The molecule has 0 aromatic rings. The van der Waals surface area contributed by atoms with E-state index in [1.165, 1.54) is 6.92 Å². The van der Waals surface area contributed by atoms with Crippen molar-refractivity contribution >= 4 is 5.78 Å². The van der Waals surface area contributed by atoms with Gasteiger partial charge in [0.25, 0.3) is 0 Å². The van der Waals surface area contributed by atoms with E-state index in [0.717, 1.165) is 0 Å². The van der Waals surface area contributed by atoms with Crippen molar-refractivity contribution in [3.05, 3.63) is 0 Å². The van der Waals surface area contributed by atoms with Crippen molar-refractivity contribution in [3.8, 4) is 0 Å². The van der Waals surface area contributed by atoms with Gasteiger partial charge < -0.3 is 9.84 Å². The van der Waals surface area contributed by atoms with Gasteiger partial charge in [0.05, 0.1) is 12.2 Å². The van der Waals surface area contributed by atoms with Crippen LogP contribution in [-0.2, 0) is 9.53 Å². The van der Waals surface area contributed by atoms with Crippen LogP contribution in [-0.4, -0.2) is 29.7 Å². The number of hydrogen-bond acceptors (Lipinski definition) is 3. The smallest absolute Gasteiger partial charge is 0.132 e. The largest absolute Gasteiger partial charge is 0.396 e. The van der Waals surface area contributed by atoms with Gasteiger partial charge in [0.1, 0.15) is 5.78 Å². The molecule has 3 heteroatoms. The molecule has 0 fully saturated rings. The molecule has 0 saturated carbocycles. The van der Waals surface area contributed by atoms with E-state index < -0.39 is 0 Å². The van der Waals surface area contributed by atoms with Crippen LogP contribution in [0.2, 0.25) is 0 Å². The molecule has 0 radical (unpaired) electrons. The molecule has 0 aliphatic heterocycles. The maximum absolute atomic E-state index is 9.88. The van der Waals surface area contributed by atoms with E-state index in [1.54, 1.807) is 0 Å². The van der Waals surface area contributed by atoms with E-state index in [4.69, 9.17) is 9.84 Å². The molecule has 13 heavy (non-hydrogen) atoms. The lowest BCUT2D eigenvalue weighted by Crippen LogP contribution is -2.09. The van der Waals surface area contributed by atoms with E-state index >= 15 is 0 Å². The fourth-order valence-corrected chi connectivity index (χ4v) is 0.702. The van der Waals surface area contributed by atoms with Crippen molar-refractivity contribution in [2.45, 2.75) is 53.2 Å². The molecule has 0 aromatic heterocycles. The Morgan fingerprint density at radius 1 is 1.23 bits per heavy atom. The van der Waals surface area contributed by atoms with Gasteiger partial charge in [-0.05, 0) is 34.6 Å². The van der Waals surface area contributed by atoms with Crippen LogP contribution in [0.3, 0.4) is 0 Å². The average Bonchev–Trinajstić information content (AvgIpc) is 1.83. The Bertz CT molecular complexity index is 113. The molecule has 0 atom stereocenters. The first kappa shape index (κ1) is 15.1. The number of rotatable bonds is 4.